The lowest BCUT2D eigenvalue weighted by molar-refractivity contribution is 0.00737. The van der Waals surface area contributed by atoms with Gasteiger partial charge >= 0.3 is 0 Å². The number of rotatable bonds is 4. The first-order chi connectivity index (χ1) is 7.83. The summed E-state index contributed by atoms with van der Waals surface area (Å²) in [7, 11) is 1.77. The van der Waals surface area contributed by atoms with Gasteiger partial charge in [0.05, 0.1) is 18.8 Å². The van der Waals surface area contributed by atoms with Crippen LogP contribution in [0.15, 0.2) is 16.8 Å². The average molecular weight is 225 g/mol. The molecule has 0 radical (unpaired) electrons. The fourth-order valence-electron chi connectivity index (χ4n) is 2.25. The van der Waals surface area contributed by atoms with E-state index in [4.69, 9.17) is 15.0 Å². The van der Waals surface area contributed by atoms with Gasteiger partial charge in [0.25, 0.3) is 0 Å². The molecule has 0 bridgehead atoms. The van der Waals surface area contributed by atoms with Crippen LogP contribution in [0.25, 0.3) is 0 Å². The minimum absolute atomic E-state index is 0.347. The van der Waals surface area contributed by atoms with Crippen molar-refractivity contribution in [3.8, 4) is 0 Å². The number of piperidine rings is 1. The fourth-order valence-corrected chi connectivity index (χ4v) is 2.25. The molecule has 1 aromatic rings. The van der Waals surface area contributed by atoms with Crippen molar-refractivity contribution in [2.75, 3.05) is 20.2 Å². The smallest absolute Gasteiger partial charge is 0.150 e. The summed E-state index contributed by atoms with van der Waals surface area (Å²) in [6.45, 7) is 2.45. The third kappa shape index (κ3) is 2.61. The van der Waals surface area contributed by atoms with E-state index < -0.39 is 0 Å². The molecular weight excluding hydrogens is 206 g/mol. The number of hydrogen-bond donors (Lipinski definition) is 1. The zero-order valence-corrected chi connectivity index (χ0v) is 9.63. The molecule has 2 atom stereocenters. The van der Waals surface area contributed by atoms with Crippen molar-refractivity contribution in [3.63, 3.8) is 0 Å². The highest BCUT2D eigenvalue weighted by atomic mass is 16.5. The predicted molar refractivity (Wildman–Crippen MR) is 59.8 cm³/mol. The SMILES string of the molecule is COC1CCN(Cc2ccno2)C(CN)C1. The van der Waals surface area contributed by atoms with Gasteiger partial charge in [0.15, 0.2) is 5.76 Å². The van der Waals surface area contributed by atoms with Gasteiger partial charge in [0.2, 0.25) is 0 Å². The summed E-state index contributed by atoms with van der Waals surface area (Å²) in [6.07, 6.45) is 4.08. The molecule has 1 aliphatic rings. The predicted octanol–water partition coefficient (Wildman–Crippen LogP) is 0.613. The summed E-state index contributed by atoms with van der Waals surface area (Å²) in [4.78, 5) is 2.34. The lowest BCUT2D eigenvalue weighted by Gasteiger charge is -2.37. The van der Waals surface area contributed by atoms with Crippen molar-refractivity contribution >= 4 is 0 Å². The van der Waals surface area contributed by atoms with Crippen LogP contribution in [0.4, 0.5) is 0 Å². The second kappa shape index (κ2) is 5.43. The molecular formula is C11H19N3O2. The number of nitrogens with two attached hydrogens (primary N) is 1. The molecule has 2 rings (SSSR count). The molecule has 5 nitrogen and oxygen atoms in total. The Hall–Kier alpha value is -0.910. The molecule has 1 aromatic heterocycles. The van der Waals surface area contributed by atoms with Crippen molar-refractivity contribution < 1.29 is 9.26 Å². The third-order valence-corrected chi connectivity index (χ3v) is 3.25. The molecule has 1 fully saturated rings. The number of aromatic nitrogens is 1. The minimum atomic E-state index is 0.347. The summed E-state index contributed by atoms with van der Waals surface area (Å²) in [5.41, 5.74) is 5.80. The zero-order valence-electron chi connectivity index (χ0n) is 9.63. The van der Waals surface area contributed by atoms with Crippen LogP contribution in [0.5, 0.6) is 0 Å². The first-order valence-corrected chi connectivity index (χ1v) is 5.70. The maximum atomic E-state index is 5.80. The summed E-state index contributed by atoms with van der Waals surface area (Å²) >= 11 is 0. The van der Waals surface area contributed by atoms with Crippen molar-refractivity contribution in [2.45, 2.75) is 31.5 Å². The molecule has 2 unspecified atom stereocenters. The van der Waals surface area contributed by atoms with E-state index in [0.29, 0.717) is 18.7 Å². The van der Waals surface area contributed by atoms with Gasteiger partial charge in [0.1, 0.15) is 0 Å². The Morgan fingerprint density at radius 3 is 3.19 bits per heavy atom. The molecule has 0 saturated carbocycles. The molecule has 90 valence electrons. The van der Waals surface area contributed by atoms with Crippen LogP contribution in [0.1, 0.15) is 18.6 Å². The van der Waals surface area contributed by atoms with E-state index in [1.165, 1.54) is 0 Å². The number of hydrogen-bond acceptors (Lipinski definition) is 5. The summed E-state index contributed by atoms with van der Waals surface area (Å²) in [5.74, 6) is 0.898. The zero-order chi connectivity index (χ0) is 11.4. The van der Waals surface area contributed by atoms with Crippen molar-refractivity contribution in [2.24, 2.45) is 5.73 Å². The van der Waals surface area contributed by atoms with Crippen LogP contribution in [0.2, 0.25) is 0 Å². The Bertz CT molecular complexity index is 302. The van der Waals surface area contributed by atoms with Gasteiger partial charge in [-0.15, -0.1) is 0 Å². The molecule has 1 saturated heterocycles. The molecule has 16 heavy (non-hydrogen) atoms. The normalized spacial score (nSPS) is 27.1. The minimum Gasteiger partial charge on any atom is -0.381 e. The van der Waals surface area contributed by atoms with Gasteiger partial charge < -0.3 is 15.0 Å². The molecule has 0 aliphatic carbocycles. The van der Waals surface area contributed by atoms with Crippen LogP contribution in [-0.2, 0) is 11.3 Å². The average Bonchev–Trinajstić information content (AvgIpc) is 2.82. The lowest BCUT2D eigenvalue weighted by atomic mass is 9.99. The van der Waals surface area contributed by atoms with Crippen molar-refractivity contribution in [1.29, 1.82) is 0 Å². The second-order valence-corrected chi connectivity index (χ2v) is 4.22. The molecule has 0 aromatic carbocycles. The monoisotopic (exact) mass is 225 g/mol. The first-order valence-electron chi connectivity index (χ1n) is 5.70. The Morgan fingerprint density at radius 1 is 1.69 bits per heavy atom. The standard InChI is InChI=1S/C11H19N3O2/c1-15-10-3-5-14(9(6-10)7-12)8-11-2-4-13-16-11/h2,4,9-10H,3,5-8,12H2,1H3. The summed E-state index contributed by atoms with van der Waals surface area (Å²) in [6, 6.07) is 2.28. The Morgan fingerprint density at radius 2 is 2.56 bits per heavy atom. The lowest BCUT2D eigenvalue weighted by Crippen LogP contribution is -2.47. The van der Waals surface area contributed by atoms with Crippen LogP contribution in [-0.4, -0.2) is 42.4 Å². The van der Waals surface area contributed by atoms with E-state index >= 15 is 0 Å². The maximum absolute atomic E-state index is 5.80. The number of ether oxygens (including phenoxy) is 1. The summed E-state index contributed by atoms with van der Waals surface area (Å²) in [5, 5.41) is 3.71. The fraction of sp³-hybridized carbons (Fsp3) is 0.727. The van der Waals surface area contributed by atoms with Gasteiger partial charge in [-0.25, -0.2) is 0 Å². The van der Waals surface area contributed by atoms with Crippen LogP contribution < -0.4 is 5.73 Å². The Balaban J connectivity index is 1.93. The van der Waals surface area contributed by atoms with Crippen LogP contribution >= 0.6 is 0 Å². The Labute approximate surface area is 95.5 Å². The van der Waals surface area contributed by atoms with E-state index in [1.807, 2.05) is 6.07 Å². The van der Waals surface area contributed by atoms with Gasteiger partial charge in [-0.2, -0.15) is 0 Å². The molecule has 0 amide bonds. The quantitative estimate of drug-likeness (QED) is 0.813. The highest BCUT2D eigenvalue weighted by Crippen LogP contribution is 2.21. The highest BCUT2D eigenvalue weighted by molar-refractivity contribution is 4.95. The Kier molecular flexibility index (Phi) is 3.93. The van der Waals surface area contributed by atoms with E-state index in [2.05, 4.69) is 10.1 Å². The highest BCUT2D eigenvalue weighted by Gasteiger charge is 2.27. The maximum Gasteiger partial charge on any atom is 0.150 e. The van der Waals surface area contributed by atoms with Gasteiger partial charge in [-0.05, 0) is 12.8 Å². The van der Waals surface area contributed by atoms with E-state index in [-0.39, 0.29) is 0 Å². The largest absolute Gasteiger partial charge is 0.381 e. The van der Waals surface area contributed by atoms with Crippen molar-refractivity contribution in [1.82, 2.24) is 10.1 Å². The number of nitrogens with zero attached hydrogens (tertiary/aromatic N) is 2. The number of methoxy groups -OCH3 is 1. The van der Waals surface area contributed by atoms with Gasteiger partial charge in [-0.3, -0.25) is 4.90 Å². The molecule has 2 heterocycles. The van der Waals surface area contributed by atoms with Gasteiger partial charge in [-0.1, -0.05) is 5.16 Å². The van der Waals surface area contributed by atoms with Crippen molar-refractivity contribution in [3.05, 3.63) is 18.0 Å². The molecule has 2 N–H and O–H groups in total. The second-order valence-electron chi connectivity index (χ2n) is 4.22. The molecule has 5 heteroatoms. The van der Waals surface area contributed by atoms with E-state index in [0.717, 1.165) is 31.7 Å². The van der Waals surface area contributed by atoms with Crippen LogP contribution in [0, 0.1) is 0 Å². The summed E-state index contributed by atoms with van der Waals surface area (Å²) < 4.78 is 10.5. The van der Waals surface area contributed by atoms with E-state index in [9.17, 15) is 0 Å². The van der Waals surface area contributed by atoms with Crippen LogP contribution in [0.3, 0.4) is 0 Å². The first kappa shape index (κ1) is 11.6. The molecule has 0 spiro atoms. The topological polar surface area (TPSA) is 64.5 Å². The molecule has 1 aliphatic heterocycles. The van der Waals surface area contributed by atoms with E-state index in [1.54, 1.807) is 13.3 Å². The number of likely N-dealkylation sites (tertiary alicyclic amines) is 1. The third-order valence-electron chi connectivity index (χ3n) is 3.25. The van der Waals surface area contributed by atoms with Gasteiger partial charge in [0, 0.05) is 32.3 Å².